The molecular formula is C31H30FN5O3. The van der Waals surface area contributed by atoms with E-state index < -0.39 is 23.7 Å². The summed E-state index contributed by atoms with van der Waals surface area (Å²) < 4.78 is 13.8. The number of carbonyl (C=O) groups is 2. The van der Waals surface area contributed by atoms with Crippen molar-refractivity contribution in [2.45, 2.75) is 39.3 Å². The summed E-state index contributed by atoms with van der Waals surface area (Å²) >= 11 is 0. The Morgan fingerprint density at radius 1 is 1.05 bits per heavy atom. The highest BCUT2D eigenvalue weighted by Gasteiger charge is 2.24. The number of aliphatic carboxylic acids is 1. The standard InChI is InChI=1S/C31H30FN5O3/c1-3-21-15-23(32)12-18(2)28(21)29(38)35-27(30(39)40)13-19-8-10-22(11-9-19)26-14-20(16-33-26)17-34-31-36-24-6-4-5-7-25(24)37-31/h4-12,14-16,27,33H,3,13,17H2,1-2H3,(H,35,38)(H,39,40)(H2,34,36,37). The van der Waals surface area contributed by atoms with Crippen molar-refractivity contribution in [2.24, 2.45) is 0 Å². The minimum Gasteiger partial charge on any atom is -0.480 e. The number of nitrogens with zero attached hydrogens (tertiary/aromatic N) is 1. The van der Waals surface area contributed by atoms with Gasteiger partial charge in [0.2, 0.25) is 5.95 Å². The molecule has 0 aliphatic carbocycles. The van der Waals surface area contributed by atoms with E-state index in [0.29, 0.717) is 35.6 Å². The molecule has 1 amide bonds. The lowest BCUT2D eigenvalue weighted by atomic mass is 9.98. The number of aromatic amines is 2. The molecule has 0 aliphatic rings. The molecule has 0 saturated heterocycles. The molecular weight excluding hydrogens is 509 g/mol. The van der Waals surface area contributed by atoms with E-state index in [1.807, 2.05) is 67.7 Å². The maximum absolute atomic E-state index is 13.8. The number of fused-ring (bicyclic) bond motifs is 1. The number of anilines is 1. The van der Waals surface area contributed by atoms with Crippen molar-refractivity contribution in [3.05, 3.63) is 107 Å². The van der Waals surface area contributed by atoms with E-state index in [4.69, 9.17) is 0 Å². The summed E-state index contributed by atoms with van der Waals surface area (Å²) in [5.41, 5.74) is 6.91. The second kappa shape index (κ2) is 11.4. The molecule has 0 aliphatic heterocycles. The van der Waals surface area contributed by atoms with Crippen molar-refractivity contribution in [1.82, 2.24) is 20.3 Å². The molecule has 3 aromatic carbocycles. The minimum absolute atomic E-state index is 0.112. The predicted molar refractivity (Wildman–Crippen MR) is 153 cm³/mol. The first-order valence-electron chi connectivity index (χ1n) is 13.1. The van der Waals surface area contributed by atoms with Crippen LogP contribution in [0, 0.1) is 12.7 Å². The molecule has 2 heterocycles. The lowest BCUT2D eigenvalue weighted by Gasteiger charge is -2.17. The molecule has 0 spiro atoms. The zero-order valence-electron chi connectivity index (χ0n) is 22.2. The van der Waals surface area contributed by atoms with Crippen molar-refractivity contribution in [3.63, 3.8) is 0 Å². The number of aryl methyl sites for hydroxylation is 2. The zero-order valence-corrected chi connectivity index (χ0v) is 22.2. The molecule has 0 saturated carbocycles. The molecule has 1 unspecified atom stereocenters. The number of nitrogens with one attached hydrogen (secondary N) is 4. The zero-order chi connectivity index (χ0) is 28.2. The van der Waals surface area contributed by atoms with Crippen molar-refractivity contribution < 1.29 is 19.1 Å². The first kappa shape index (κ1) is 26.7. The molecule has 0 bridgehead atoms. The normalized spacial score (nSPS) is 11.9. The van der Waals surface area contributed by atoms with Crippen LogP contribution in [0.1, 0.15) is 39.5 Å². The Hall–Kier alpha value is -4.92. The smallest absolute Gasteiger partial charge is 0.326 e. The monoisotopic (exact) mass is 539 g/mol. The van der Waals surface area contributed by atoms with Crippen LogP contribution in [0.25, 0.3) is 22.3 Å². The number of H-pyrrole nitrogens is 2. The quantitative estimate of drug-likeness (QED) is 0.158. The number of carboxylic acid groups (broad SMARTS) is 1. The van der Waals surface area contributed by atoms with E-state index in [2.05, 4.69) is 25.6 Å². The van der Waals surface area contributed by atoms with Crippen LogP contribution in [-0.4, -0.2) is 38.0 Å². The van der Waals surface area contributed by atoms with Crippen molar-refractivity contribution in [3.8, 4) is 11.3 Å². The predicted octanol–water partition coefficient (Wildman–Crippen LogP) is 5.61. The molecule has 5 aromatic rings. The van der Waals surface area contributed by atoms with Gasteiger partial charge in [0, 0.05) is 30.4 Å². The molecule has 9 heteroatoms. The van der Waals surface area contributed by atoms with Gasteiger partial charge in [-0.25, -0.2) is 14.2 Å². The maximum Gasteiger partial charge on any atom is 0.326 e. The number of benzene rings is 3. The third kappa shape index (κ3) is 5.88. The maximum atomic E-state index is 13.8. The Balaban J connectivity index is 1.22. The Labute approximate surface area is 230 Å². The van der Waals surface area contributed by atoms with Gasteiger partial charge in [0.25, 0.3) is 5.91 Å². The van der Waals surface area contributed by atoms with Crippen molar-refractivity contribution >= 4 is 28.9 Å². The first-order chi connectivity index (χ1) is 19.3. The summed E-state index contributed by atoms with van der Waals surface area (Å²) in [6, 6.07) is 18.9. The lowest BCUT2D eigenvalue weighted by Crippen LogP contribution is -2.42. The van der Waals surface area contributed by atoms with Gasteiger partial charge >= 0.3 is 5.97 Å². The Morgan fingerprint density at radius 2 is 1.82 bits per heavy atom. The highest BCUT2D eigenvalue weighted by Crippen LogP contribution is 2.22. The fourth-order valence-corrected chi connectivity index (χ4v) is 4.83. The number of aromatic nitrogens is 3. The molecule has 1 atom stereocenters. The first-order valence-corrected chi connectivity index (χ1v) is 13.1. The van der Waals surface area contributed by atoms with Crippen LogP contribution in [0.15, 0.2) is 72.9 Å². The number of hydrogen-bond donors (Lipinski definition) is 5. The Kier molecular flexibility index (Phi) is 7.63. The lowest BCUT2D eigenvalue weighted by molar-refractivity contribution is -0.139. The average molecular weight is 540 g/mol. The van der Waals surface area contributed by atoms with Crippen LogP contribution in [-0.2, 0) is 24.2 Å². The average Bonchev–Trinajstić information content (AvgIpc) is 3.58. The second-order valence-corrected chi connectivity index (χ2v) is 9.75. The molecule has 204 valence electrons. The van der Waals surface area contributed by atoms with E-state index in [0.717, 1.165) is 33.4 Å². The summed E-state index contributed by atoms with van der Waals surface area (Å²) in [6.07, 6.45) is 2.49. The van der Waals surface area contributed by atoms with E-state index >= 15 is 0 Å². The number of rotatable bonds is 10. The van der Waals surface area contributed by atoms with Gasteiger partial charge in [-0.1, -0.05) is 43.3 Å². The van der Waals surface area contributed by atoms with Crippen LogP contribution >= 0.6 is 0 Å². The topological polar surface area (TPSA) is 123 Å². The van der Waals surface area contributed by atoms with E-state index in [-0.39, 0.29) is 6.42 Å². The highest BCUT2D eigenvalue weighted by atomic mass is 19.1. The number of halogens is 1. The van der Waals surface area contributed by atoms with Gasteiger partial charge in [0.05, 0.1) is 11.0 Å². The van der Waals surface area contributed by atoms with Gasteiger partial charge in [0.1, 0.15) is 11.9 Å². The Bertz CT molecular complexity index is 1640. The van der Waals surface area contributed by atoms with Crippen LogP contribution in [0.4, 0.5) is 10.3 Å². The van der Waals surface area contributed by atoms with Crippen molar-refractivity contribution in [2.75, 3.05) is 5.32 Å². The van der Waals surface area contributed by atoms with Gasteiger partial charge in [-0.3, -0.25) is 4.79 Å². The van der Waals surface area contributed by atoms with E-state index in [9.17, 15) is 19.1 Å². The fraction of sp³-hybridized carbons (Fsp3) is 0.194. The third-order valence-corrected chi connectivity index (χ3v) is 6.89. The summed E-state index contributed by atoms with van der Waals surface area (Å²) in [5.74, 6) is -1.37. The SMILES string of the molecule is CCc1cc(F)cc(C)c1C(=O)NC(Cc1ccc(-c2cc(CNc3nc4ccccc4[nH]3)c[nH]2)cc1)C(=O)O. The van der Waals surface area contributed by atoms with Gasteiger partial charge in [-0.15, -0.1) is 0 Å². The van der Waals surface area contributed by atoms with Gasteiger partial charge < -0.3 is 25.7 Å². The van der Waals surface area contributed by atoms with Gasteiger partial charge in [0.15, 0.2) is 0 Å². The van der Waals surface area contributed by atoms with Crippen molar-refractivity contribution in [1.29, 1.82) is 0 Å². The summed E-state index contributed by atoms with van der Waals surface area (Å²) in [6.45, 7) is 4.06. The fourth-order valence-electron chi connectivity index (χ4n) is 4.83. The van der Waals surface area contributed by atoms with Crippen LogP contribution in [0.2, 0.25) is 0 Å². The third-order valence-electron chi connectivity index (χ3n) is 6.89. The molecule has 5 rings (SSSR count). The van der Waals surface area contributed by atoms with Crippen LogP contribution in [0.5, 0.6) is 0 Å². The number of imidazole rings is 1. The molecule has 2 aromatic heterocycles. The van der Waals surface area contributed by atoms with Crippen LogP contribution < -0.4 is 10.6 Å². The van der Waals surface area contributed by atoms with E-state index in [1.165, 1.54) is 12.1 Å². The largest absolute Gasteiger partial charge is 0.480 e. The summed E-state index contributed by atoms with van der Waals surface area (Å²) in [5, 5.41) is 15.7. The number of carbonyl (C=O) groups excluding carboxylic acids is 1. The second-order valence-electron chi connectivity index (χ2n) is 9.75. The minimum atomic E-state index is -1.14. The number of carboxylic acids is 1. The highest BCUT2D eigenvalue weighted by molar-refractivity contribution is 5.99. The number of para-hydroxylation sites is 2. The summed E-state index contributed by atoms with van der Waals surface area (Å²) in [4.78, 5) is 36.0. The van der Waals surface area contributed by atoms with E-state index in [1.54, 1.807) is 6.92 Å². The molecule has 0 radical (unpaired) electrons. The molecule has 40 heavy (non-hydrogen) atoms. The van der Waals surface area contributed by atoms with Gasteiger partial charge in [-0.2, -0.15) is 0 Å². The summed E-state index contributed by atoms with van der Waals surface area (Å²) in [7, 11) is 0. The Morgan fingerprint density at radius 3 is 2.55 bits per heavy atom. The number of amides is 1. The molecule has 5 N–H and O–H groups in total. The van der Waals surface area contributed by atoms with Crippen LogP contribution in [0.3, 0.4) is 0 Å². The molecule has 0 fully saturated rings. The van der Waals surface area contributed by atoms with Gasteiger partial charge in [-0.05, 0) is 71.5 Å². The molecule has 8 nitrogen and oxygen atoms in total. The number of hydrogen-bond acceptors (Lipinski definition) is 4.